The Morgan fingerprint density at radius 1 is 1.14 bits per heavy atom. The zero-order valence-electron chi connectivity index (χ0n) is 15.9. The zero-order chi connectivity index (χ0) is 19.7. The van der Waals surface area contributed by atoms with E-state index in [0.29, 0.717) is 35.7 Å². The molecule has 28 heavy (non-hydrogen) atoms. The van der Waals surface area contributed by atoms with Gasteiger partial charge in [-0.1, -0.05) is 6.07 Å². The maximum atomic E-state index is 13.4. The number of nitrogens with zero attached hydrogens (tertiary/aromatic N) is 2. The van der Waals surface area contributed by atoms with Crippen LogP contribution >= 0.6 is 0 Å². The summed E-state index contributed by atoms with van der Waals surface area (Å²) in [7, 11) is 3.09. The van der Waals surface area contributed by atoms with E-state index < -0.39 is 0 Å². The molecule has 0 saturated carbocycles. The number of benzene rings is 2. The van der Waals surface area contributed by atoms with E-state index in [1.54, 1.807) is 38.5 Å². The van der Waals surface area contributed by atoms with Crippen LogP contribution in [0.3, 0.4) is 0 Å². The summed E-state index contributed by atoms with van der Waals surface area (Å²) in [4.78, 5) is 22.7. The lowest BCUT2D eigenvalue weighted by Gasteiger charge is -2.31. The molecule has 146 valence electrons. The van der Waals surface area contributed by atoms with E-state index in [1.807, 2.05) is 4.90 Å². The molecule has 7 heteroatoms. The molecule has 2 heterocycles. The molecule has 4 rings (SSSR count). The Bertz CT molecular complexity index is 987. The van der Waals surface area contributed by atoms with Crippen molar-refractivity contribution in [1.82, 2.24) is 14.9 Å². The monoisotopic (exact) mass is 383 g/mol. The number of piperidine rings is 1. The second-order valence-corrected chi connectivity index (χ2v) is 6.89. The maximum Gasteiger partial charge on any atom is 0.261 e. The number of methoxy groups -OCH3 is 2. The van der Waals surface area contributed by atoms with E-state index in [2.05, 4.69) is 9.97 Å². The lowest BCUT2D eigenvalue weighted by molar-refractivity contribution is 0.0704. The number of amides is 1. The number of hydrogen-bond donors (Lipinski definition) is 1. The third-order valence-electron chi connectivity index (χ3n) is 5.27. The Morgan fingerprint density at radius 2 is 1.82 bits per heavy atom. The van der Waals surface area contributed by atoms with Gasteiger partial charge in [0.1, 0.15) is 28.7 Å². The Morgan fingerprint density at radius 3 is 2.46 bits per heavy atom. The Kier molecular flexibility index (Phi) is 4.90. The Hall–Kier alpha value is -3.09. The SMILES string of the molecule is COc1cccc(OC)c1C(=O)N1CCC(c2nc3ccc(F)cc3[nH]2)CC1. The van der Waals surface area contributed by atoms with Crippen molar-refractivity contribution in [3.05, 3.63) is 53.6 Å². The first-order chi connectivity index (χ1) is 13.6. The van der Waals surface area contributed by atoms with Gasteiger partial charge >= 0.3 is 0 Å². The summed E-state index contributed by atoms with van der Waals surface area (Å²) in [6, 6.07) is 9.86. The van der Waals surface area contributed by atoms with Crippen molar-refractivity contribution in [2.24, 2.45) is 0 Å². The van der Waals surface area contributed by atoms with E-state index in [1.165, 1.54) is 12.1 Å². The average molecular weight is 383 g/mol. The summed E-state index contributed by atoms with van der Waals surface area (Å²) in [5.41, 5.74) is 1.91. The molecule has 0 unspecified atom stereocenters. The van der Waals surface area contributed by atoms with Gasteiger partial charge in [-0.15, -0.1) is 0 Å². The highest BCUT2D eigenvalue weighted by Gasteiger charge is 2.29. The number of hydrogen-bond acceptors (Lipinski definition) is 4. The number of aromatic amines is 1. The Balaban J connectivity index is 1.50. The molecule has 1 N–H and O–H groups in total. The number of ether oxygens (including phenoxy) is 2. The quantitative estimate of drug-likeness (QED) is 0.745. The van der Waals surface area contributed by atoms with Gasteiger partial charge in [0.25, 0.3) is 5.91 Å². The Labute approximate surface area is 162 Å². The van der Waals surface area contributed by atoms with Crippen LogP contribution in [0.25, 0.3) is 11.0 Å². The van der Waals surface area contributed by atoms with Gasteiger partial charge in [-0.05, 0) is 43.2 Å². The molecule has 0 spiro atoms. The number of halogens is 1. The number of likely N-dealkylation sites (tertiary alicyclic amines) is 1. The van der Waals surface area contributed by atoms with E-state index in [9.17, 15) is 9.18 Å². The second kappa shape index (κ2) is 7.50. The highest BCUT2D eigenvalue weighted by Crippen LogP contribution is 2.33. The summed E-state index contributed by atoms with van der Waals surface area (Å²) in [5, 5.41) is 0. The standard InChI is InChI=1S/C21H22FN3O3/c1-27-17-4-3-5-18(28-2)19(17)21(26)25-10-8-13(9-11-25)20-23-15-7-6-14(22)12-16(15)24-20/h3-7,12-13H,8-11H2,1-2H3,(H,23,24). The number of imidazole rings is 1. The van der Waals surface area contributed by atoms with E-state index in [4.69, 9.17) is 9.47 Å². The minimum atomic E-state index is -0.283. The van der Waals surface area contributed by atoms with Crippen LogP contribution in [0.2, 0.25) is 0 Å². The third kappa shape index (κ3) is 3.28. The smallest absolute Gasteiger partial charge is 0.261 e. The molecule has 1 amide bonds. The molecule has 6 nitrogen and oxygen atoms in total. The van der Waals surface area contributed by atoms with Crippen LogP contribution in [0.1, 0.15) is 34.9 Å². The molecular formula is C21H22FN3O3. The topological polar surface area (TPSA) is 67.5 Å². The number of aromatic nitrogens is 2. The van der Waals surface area contributed by atoms with E-state index in [-0.39, 0.29) is 17.6 Å². The largest absolute Gasteiger partial charge is 0.496 e. The normalized spacial score (nSPS) is 15.0. The lowest BCUT2D eigenvalue weighted by atomic mass is 9.95. The van der Waals surface area contributed by atoms with Crippen molar-refractivity contribution in [3.8, 4) is 11.5 Å². The predicted octanol–water partition coefficient (Wildman–Crippen LogP) is 3.74. The molecule has 3 aromatic rings. The third-order valence-corrected chi connectivity index (χ3v) is 5.27. The van der Waals surface area contributed by atoms with Crippen molar-refractivity contribution in [1.29, 1.82) is 0 Å². The van der Waals surface area contributed by atoms with Crippen molar-refractivity contribution in [2.45, 2.75) is 18.8 Å². The minimum absolute atomic E-state index is 0.0978. The fourth-order valence-electron chi connectivity index (χ4n) is 3.77. The van der Waals surface area contributed by atoms with Gasteiger partial charge in [0, 0.05) is 19.0 Å². The van der Waals surface area contributed by atoms with Gasteiger partial charge in [-0.25, -0.2) is 9.37 Å². The molecule has 2 aromatic carbocycles. The van der Waals surface area contributed by atoms with Crippen molar-refractivity contribution < 1.29 is 18.7 Å². The van der Waals surface area contributed by atoms with Crippen LogP contribution in [-0.2, 0) is 0 Å². The van der Waals surface area contributed by atoms with Gasteiger partial charge in [0.2, 0.25) is 0 Å². The molecule has 0 radical (unpaired) electrons. The number of H-pyrrole nitrogens is 1. The molecule has 0 bridgehead atoms. The van der Waals surface area contributed by atoms with E-state index >= 15 is 0 Å². The predicted molar refractivity (Wildman–Crippen MR) is 103 cm³/mol. The summed E-state index contributed by atoms with van der Waals surface area (Å²) >= 11 is 0. The number of carbonyl (C=O) groups is 1. The summed E-state index contributed by atoms with van der Waals surface area (Å²) < 4.78 is 24.1. The first-order valence-corrected chi connectivity index (χ1v) is 9.26. The van der Waals surface area contributed by atoms with Crippen LogP contribution in [-0.4, -0.2) is 48.1 Å². The fourth-order valence-corrected chi connectivity index (χ4v) is 3.77. The van der Waals surface area contributed by atoms with Crippen LogP contribution in [0.4, 0.5) is 4.39 Å². The van der Waals surface area contributed by atoms with Gasteiger partial charge < -0.3 is 19.4 Å². The minimum Gasteiger partial charge on any atom is -0.496 e. The molecular weight excluding hydrogens is 361 g/mol. The summed E-state index contributed by atoms with van der Waals surface area (Å²) in [6.45, 7) is 1.21. The van der Waals surface area contributed by atoms with Gasteiger partial charge in [0.15, 0.2) is 0 Å². The highest BCUT2D eigenvalue weighted by atomic mass is 19.1. The number of carbonyl (C=O) groups excluding carboxylic acids is 1. The first-order valence-electron chi connectivity index (χ1n) is 9.26. The second-order valence-electron chi connectivity index (χ2n) is 6.89. The maximum absolute atomic E-state index is 13.4. The van der Waals surface area contributed by atoms with Crippen LogP contribution in [0.5, 0.6) is 11.5 Å². The van der Waals surface area contributed by atoms with Gasteiger partial charge in [0.05, 0.1) is 25.3 Å². The number of nitrogens with one attached hydrogen (secondary N) is 1. The van der Waals surface area contributed by atoms with Crippen LogP contribution in [0, 0.1) is 5.82 Å². The van der Waals surface area contributed by atoms with Crippen LogP contribution in [0.15, 0.2) is 36.4 Å². The van der Waals surface area contributed by atoms with E-state index in [0.717, 1.165) is 24.2 Å². The first kappa shape index (κ1) is 18.3. The van der Waals surface area contributed by atoms with Gasteiger partial charge in [-0.3, -0.25) is 4.79 Å². The molecule has 1 aliphatic heterocycles. The molecule has 0 atom stereocenters. The summed E-state index contributed by atoms with van der Waals surface area (Å²) in [6.07, 6.45) is 1.57. The molecule has 1 saturated heterocycles. The van der Waals surface area contributed by atoms with Crippen LogP contribution < -0.4 is 9.47 Å². The zero-order valence-corrected chi connectivity index (χ0v) is 15.9. The van der Waals surface area contributed by atoms with Crippen molar-refractivity contribution in [3.63, 3.8) is 0 Å². The van der Waals surface area contributed by atoms with Gasteiger partial charge in [-0.2, -0.15) is 0 Å². The molecule has 1 aromatic heterocycles. The lowest BCUT2D eigenvalue weighted by Crippen LogP contribution is -2.38. The molecule has 0 aliphatic carbocycles. The fraction of sp³-hybridized carbons (Fsp3) is 0.333. The number of fused-ring (bicyclic) bond motifs is 1. The average Bonchev–Trinajstić information content (AvgIpc) is 3.15. The van der Waals surface area contributed by atoms with Crippen molar-refractivity contribution in [2.75, 3.05) is 27.3 Å². The molecule has 1 fully saturated rings. The van der Waals surface area contributed by atoms with Crippen molar-refractivity contribution >= 4 is 16.9 Å². The summed E-state index contributed by atoms with van der Waals surface area (Å²) in [5.74, 6) is 1.69. The number of rotatable bonds is 4. The highest BCUT2D eigenvalue weighted by molar-refractivity contribution is 5.99. The molecule has 1 aliphatic rings.